The molecule has 0 spiro atoms. The number of quaternary nitrogens is 1. The van der Waals surface area contributed by atoms with E-state index in [1.54, 1.807) is 6.08 Å². The van der Waals surface area contributed by atoms with Crippen LogP contribution in [0, 0.1) is 0 Å². The topological polar surface area (TPSA) is 129 Å². The minimum atomic E-state index is -4.42. The smallest absolute Gasteiger partial charge is 0.462 e. The number of carbonyl (C=O) groups is 2. The van der Waals surface area contributed by atoms with E-state index in [0.717, 1.165) is 44.9 Å². The number of phosphoric acid groups is 1. The fourth-order valence-electron chi connectivity index (χ4n) is 4.95. The molecule has 0 saturated heterocycles. The van der Waals surface area contributed by atoms with E-state index >= 15 is 0 Å². The number of ether oxygens (including phenoxy) is 2. The number of carbonyl (C=O) groups excluding carboxylic acids is 2. The van der Waals surface area contributed by atoms with Crippen molar-refractivity contribution < 1.29 is 47.2 Å². The first kappa shape index (κ1) is 55.6. The average Bonchev–Trinajstić information content (AvgIpc) is 3.18. The number of phosphoric ester groups is 1. The molecular weight excluding hydrogens is 766 g/mol. The Bertz CT molecular complexity index is 1380. The molecule has 3 atom stereocenters. The molecule has 0 aromatic carbocycles. The largest absolute Gasteiger partial charge is 0.472 e. The van der Waals surface area contributed by atoms with E-state index in [1.165, 1.54) is 19.3 Å². The van der Waals surface area contributed by atoms with Crippen LogP contribution < -0.4 is 0 Å². The highest BCUT2D eigenvalue weighted by Gasteiger charge is 2.27. The minimum absolute atomic E-state index is 0.00417. The summed E-state index contributed by atoms with van der Waals surface area (Å²) < 4.78 is 34.1. The number of nitrogens with zero attached hydrogens (tertiary/aromatic N) is 1. The van der Waals surface area contributed by atoms with Crippen molar-refractivity contribution >= 4 is 19.8 Å². The van der Waals surface area contributed by atoms with Gasteiger partial charge in [0, 0.05) is 12.8 Å². The number of rotatable bonds is 37. The third-order valence-electron chi connectivity index (χ3n) is 8.37. The molecule has 10 nitrogen and oxygen atoms in total. The first-order chi connectivity index (χ1) is 28.4. The summed E-state index contributed by atoms with van der Waals surface area (Å²) in [6.45, 7) is 4.02. The van der Waals surface area contributed by atoms with E-state index in [0.29, 0.717) is 43.1 Å². The number of allylic oxidation sites excluding steroid dienone is 16. The van der Waals surface area contributed by atoms with Crippen LogP contribution in [-0.4, -0.2) is 86.1 Å². The Morgan fingerprint density at radius 1 is 0.627 bits per heavy atom. The number of hydrogen-bond donors (Lipinski definition) is 2. The van der Waals surface area contributed by atoms with Crippen LogP contribution in [-0.2, 0) is 32.7 Å². The third-order valence-corrected chi connectivity index (χ3v) is 9.35. The fourth-order valence-corrected chi connectivity index (χ4v) is 5.69. The molecule has 0 aliphatic rings. The number of aliphatic hydroxyl groups is 1. The van der Waals surface area contributed by atoms with Crippen molar-refractivity contribution in [3.05, 3.63) is 109 Å². The van der Waals surface area contributed by atoms with Crippen LogP contribution in [0.2, 0.25) is 0 Å². The summed E-state index contributed by atoms with van der Waals surface area (Å²) in [6, 6.07) is 0. The van der Waals surface area contributed by atoms with Crippen LogP contribution in [0.15, 0.2) is 109 Å². The summed E-state index contributed by atoms with van der Waals surface area (Å²) in [4.78, 5) is 35.3. The zero-order valence-electron chi connectivity index (χ0n) is 37.0. The van der Waals surface area contributed by atoms with Crippen LogP contribution in [0.5, 0.6) is 0 Å². The van der Waals surface area contributed by atoms with Gasteiger partial charge in [0.2, 0.25) is 0 Å². The van der Waals surface area contributed by atoms with E-state index < -0.39 is 38.6 Å². The van der Waals surface area contributed by atoms with Crippen LogP contribution in [0.4, 0.5) is 0 Å². The summed E-state index contributed by atoms with van der Waals surface area (Å²) in [5, 5.41) is 10.0. The van der Waals surface area contributed by atoms with Crippen molar-refractivity contribution in [2.75, 3.05) is 47.5 Å². The molecular formula is C48H79NO9P+. The molecule has 334 valence electrons. The molecule has 0 aliphatic heterocycles. The average molecular weight is 845 g/mol. The highest BCUT2D eigenvalue weighted by Crippen LogP contribution is 2.43. The number of hydrogen-bond acceptors (Lipinski definition) is 8. The quantitative estimate of drug-likeness (QED) is 0.0157. The molecule has 0 bridgehead atoms. The lowest BCUT2D eigenvalue weighted by Gasteiger charge is -2.24. The van der Waals surface area contributed by atoms with Crippen molar-refractivity contribution in [2.24, 2.45) is 0 Å². The summed E-state index contributed by atoms with van der Waals surface area (Å²) in [7, 11) is 1.35. The van der Waals surface area contributed by atoms with Gasteiger partial charge in [0.15, 0.2) is 6.10 Å². The second kappa shape index (κ2) is 38.8. The fraction of sp³-hybridized carbons (Fsp3) is 0.583. The van der Waals surface area contributed by atoms with Gasteiger partial charge in [-0.25, -0.2) is 4.57 Å². The van der Waals surface area contributed by atoms with E-state index in [9.17, 15) is 24.2 Å². The van der Waals surface area contributed by atoms with Gasteiger partial charge in [-0.15, -0.1) is 0 Å². The molecule has 11 heteroatoms. The molecule has 1 unspecified atom stereocenters. The van der Waals surface area contributed by atoms with Gasteiger partial charge in [0.25, 0.3) is 0 Å². The lowest BCUT2D eigenvalue weighted by molar-refractivity contribution is -0.870. The number of esters is 2. The molecule has 0 radical (unpaired) electrons. The van der Waals surface area contributed by atoms with Gasteiger partial charge in [-0.1, -0.05) is 136 Å². The highest BCUT2D eigenvalue weighted by atomic mass is 31.2. The number of likely N-dealkylation sites (N-methyl/N-ethyl adjacent to an activating group) is 1. The molecule has 0 aromatic rings. The van der Waals surface area contributed by atoms with Crippen molar-refractivity contribution in [3.8, 4) is 0 Å². The summed E-state index contributed by atoms with van der Waals surface area (Å²) in [5.41, 5.74) is 0. The van der Waals surface area contributed by atoms with Crippen molar-refractivity contribution in [3.63, 3.8) is 0 Å². The Morgan fingerprint density at radius 3 is 1.73 bits per heavy atom. The summed E-state index contributed by atoms with van der Waals surface area (Å²) >= 11 is 0. The van der Waals surface area contributed by atoms with Gasteiger partial charge in [-0.05, 0) is 83.5 Å². The summed E-state index contributed by atoms with van der Waals surface area (Å²) in [5.74, 6) is -0.986. The van der Waals surface area contributed by atoms with Crippen molar-refractivity contribution in [2.45, 2.75) is 135 Å². The minimum Gasteiger partial charge on any atom is -0.462 e. The van der Waals surface area contributed by atoms with E-state index in [1.807, 2.05) is 63.7 Å². The Balaban J connectivity index is 4.65. The number of unbranched alkanes of at least 4 members (excludes halogenated alkanes) is 5. The number of aliphatic hydroxyl groups excluding tert-OH is 1. The lowest BCUT2D eigenvalue weighted by Crippen LogP contribution is -2.37. The van der Waals surface area contributed by atoms with Gasteiger partial charge >= 0.3 is 19.8 Å². The molecule has 0 amide bonds. The molecule has 0 heterocycles. The molecule has 0 rings (SSSR count). The molecule has 0 saturated carbocycles. The predicted molar refractivity (Wildman–Crippen MR) is 244 cm³/mol. The monoisotopic (exact) mass is 845 g/mol. The Morgan fingerprint density at radius 2 is 1.15 bits per heavy atom. The van der Waals surface area contributed by atoms with Crippen LogP contribution in [0.1, 0.15) is 123 Å². The Labute approximate surface area is 358 Å². The maximum atomic E-state index is 12.7. The zero-order chi connectivity index (χ0) is 43.7. The van der Waals surface area contributed by atoms with Crippen molar-refractivity contribution in [1.82, 2.24) is 0 Å². The lowest BCUT2D eigenvalue weighted by atomic mass is 10.1. The zero-order valence-corrected chi connectivity index (χ0v) is 37.9. The molecule has 0 fully saturated rings. The second-order valence-corrected chi connectivity index (χ2v) is 16.6. The first-order valence-corrected chi connectivity index (χ1v) is 23.2. The Kier molecular flexibility index (Phi) is 36.6. The normalized spacial score (nSPS) is 15.2. The first-order valence-electron chi connectivity index (χ1n) is 21.7. The second-order valence-electron chi connectivity index (χ2n) is 15.2. The summed E-state index contributed by atoms with van der Waals surface area (Å²) in [6.07, 6.45) is 49.0. The SMILES string of the molecule is CC/C=C\C/C=C\C/C=C\C/C=C\C/C=C\CCCC(=O)O[C@H](COC(=O)CCC/C=C\C/C=C\C=C\[C@H](O)C/C=C\CCCCC)COP(=O)(O)OCC[N+](C)(C)C. The predicted octanol–water partition coefficient (Wildman–Crippen LogP) is 11.3. The van der Waals surface area contributed by atoms with E-state index in [4.69, 9.17) is 18.5 Å². The highest BCUT2D eigenvalue weighted by molar-refractivity contribution is 7.47. The Hall–Kier alpha value is -3.37. The van der Waals surface area contributed by atoms with Crippen LogP contribution >= 0.6 is 7.82 Å². The van der Waals surface area contributed by atoms with Crippen LogP contribution in [0.3, 0.4) is 0 Å². The van der Waals surface area contributed by atoms with E-state index in [2.05, 4.69) is 74.6 Å². The maximum Gasteiger partial charge on any atom is 0.472 e. The van der Waals surface area contributed by atoms with Gasteiger partial charge in [0.1, 0.15) is 19.8 Å². The van der Waals surface area contributed by atoms with Gasteiger partial charge in [0.05, 0.1) is 33.9 Å². The van der Waals surface area contributed by atoms with Gasteiger partial charge < -0.3 is 24.0 Å². The maximum absolute atomic E-state index is 12.7. The molecule has 59 heavy (non-hydrogen) atoms. The molecule has 0 aliphatic carbocycles. The van der Waals surface area contributed by atoms with Gasteiger partial charge in [-0.3, -0.25) is 18.6 Å². The van der Waals surface area contributed by atoms with Crippen molar-refractivity contribution in [1.29, 1.82) is 0 Å². The standard InChI is InChI=1S/C48H78NO9P/c1-6-8-10-12-14-15-16-17-18-19-20-21-22-23-28-32-36-40-48(52)58-46(44-57-59(53,54)56-42-41-49(3,4)5)43-55-47(51)39-35-31-27-25-24-26-30-34-38-45(50)37-33-29-13-11-9-7-2/h8,10,14-15,17-18,20-21,23,25-30,33-34,38,45-46,50H,6-7,9,11-13,16,19,22,24,31-32,35-37,39-44H2,1-5H3/p+1/b10-8-,15-14-,18-17-,21-20-,27-25-,28-23-,30-26-,33-29-,38-34+/t45-,46-/m1/s1. The molecule has 0 aromatic heterocycles. The van der Waals surface area contributed by atoms with E-state index in [-0.39, 0.29) is 26.1 Å². The van der Waals surface area contributed by atoms with Crippen LogP contribution in [0.25, 0.3) is 0 Å². The van der Waals surface area contributed by atoms with Gasteiger partial charge in [-0.2, -0.15) is 0 Å². The third kappa shape index (κ3) is 42.6. The molecule has 2 N–H and O–H groups in total.